The molecule has 2 heterocycles. The van der Waals surface area contributed by atoms with Crippen molar-refractivity contribution in [1.29, 1.82) is 0 Å². The normalized spacial score (nSPS) is 18.5. The van der Waals surface area contributed by atoms with Gasteiger partial charge in [0.25, 0.3) is 0 Å². The monoisotopic (exact) mass is 410 g/mol. The first kappa shape index (κ1) is 20.9. The standard InChI is InChI=1S/C20H22F4N4O/c1-13-12-27(18-17(21)4-3-9-25-18)10-11-28(13)19(29)26-16-7-5-15(6-8-16)14(2)20(22,23)24/h3-9,13-14H,10-12H2,1-2H3,(H,26,29). The van der Waals surface area contributed by atoms with E-state index in [4.69, 9.17) is 0 Å². The quantitative estimate of drug-likeness (QED) is 0.751. The first-order valence-electron chi connectivity index (χ1n) is 9.26. The molecule has 29 heavy (non-hydrogen) atoms. The fourth-order valence-electron chi connectivity index (χ4n) is 3.30. The van der Waals surface area contributed by atoms with Crippen molar-refractivity contribution < 1.29 is 22.4 Å². The first-order chi connectivity index (χ1) is 13.7. The van der Waals surface area contributed by atoms with Gasteiger partial charge in [0.2, 0.25) is 0 Å². The summed E-state index contributed by atoms with van der Waals surface area (Å²) in [5.41, 5.74) is 0.549. The van der Waals surface area contributed by atoms with E-state index in [1.165, 1.54) is 42.6 Å². The van der Waals surface area contributed by atoms with Crippen molar-refractivity contribution in [3.8, 4) is 0 Å². The molecule has 0 spiro atoms. The Balaban J connectivity index is 1.61. The van der Waals surface area contributed by atoms with E-state index < -0.39 is 17.9 Å². The second-order valence-corrected chi connectivity index (χ2v) is 7.11. The summed E-state index contributed by atoms with van der Waals surface area (Å²) in [6.45, 7) is 4.16. The number of halogens is 4. The zero-order valence-electron chi connectivity index (χ0n) is 16.1. The van der Waals surface area contributed by atoms with Crippen LogP contribution in [-0.4, -0.2) is 47.8 Å². The number of amides is 2. The zero-order chi connectivity index (χ0) is 21.2. The molecule has 1 saturated heterocycles. The van der Waals surface area contributed by atoms with Crippen LogP contribution in [0.2, 0.25) is 0 Å². The summed E-state index contributed by atoms with van der Waals surface area (Å²) in [5.74, 6) is -1.73. The van der Waals surface area contributed by atoms with Gasteiger partial charge in [-0.25, -0.2) is 14.2 Å². The average molecular weight is 410 g/mol. The molecule has 0 radical (unpaired) electrons. The predicted molar refractivity (Wildman–Crippen MR) is 103 cm³/mol. The summed E-state index contributed by atoms with van der Waals surface area (Å²) in [5, 5.41) is 2.71. The largest absolute Gasteiger partial charge is 0.395 e. The molecule has 2 unspecified atom stereocenters. The number of benzene rings is 1. The van der Waals surface area contributed by atoms with Gasteiger partial charge < -0.3 is 15.1 Å². The Morgan fingerprint density at radius 3 is 2.48 bits per heavy atom. The smallest absolute Gasteiger partial charge is 0.350 e. The number of pyridine rings is 1. The van der Waals surface area contributed by atoms with E-state index in [2.05, 4.69) is 10.3 Å². The minimum atomic E-state index is -4.31. The van der Waals surface area contributed by atoms with Crippen LogP contribution in [0.1, 0.15) is 25.3 Å². The molecule has 0 bridgehead atoms. The van der Waals surface area contributed by atoms with Crippen molar-refractivity contribution in [2.24, 2.45) is 0 Å². The minimum Gasteiger partial charge on any atom is -0.350 e. The van der Waals surface area contributed by atoms with Crippen LogP contribution in [0, 0.1) is 5.82 Å². The molecule has 0 aliphatic carbocycles. The Morgan fingerprint density at radius 2 is 1.90 bits per heavy atom. The molecule has 9 heteroatoms. The van der Waals surface area contributed by atoms with Crippen LogP contribution < -0.4 is 10.2 Å². The van der Waals surface area contributed by atoms with Gasteiger partial charge in [0.1, 0.15) is 0 Å². The molecule has 3 rings (SSSR count). The van der Waals surface area contributed by atoms with Gasteiger partial charge in [-0.1, -0.05) is 12.1 Å². The van der Waals surface area contributed by atoms with Gasteiger partial charge in [-0.2, -0.15) is 13.2 Å². The summed E-state index contributed by atoms with van der Waals surface area (Å²) < 4.78 is 52.3. The van der Waals surface area contributed by atoms with E-state index >= 15 is 0 Å². The molecule has 1 aromatic carbocycles. The summed E-state index contributed by atoms with van der Waals surface area (Å²) in [7, 11) is 0. The van der Waals surface area contributed by atoms with Crippen molar-refractivity contribution in [2.45, 2.75) is 32.0 Å². The molecule has 1 aliphatic heterocycles. The Bertz CT molecular complexity index is 856. The number of rotatable bonds is 3. The fourth-order valence-corrected chi connectivity index (χ4v) is 3.30. The molecule has 1 N–H and O–H groups in total. The molecule has 2 atom stereocenters. The van der Waals surface area contributed by atoms with Gasteiger partial charge in [0.15, 0.2) is 11.6 Å². The number of carbonyl (C=O) groups is 1. The van der Waals surface area contributed by atoms with E-state index in [0.29, 0.717) is 25.3 Å². The molecular formula is C20H22F4N4O. The highest BCUT2D eigenvalue weighted by Crippen LogP contribution is 2.34. The maximum absolute atomic E-state index is 13.9. The lowest BCUT2D eigenvalue weighted by molar-refractivity contribution is -0.146. The second kappa shape index (κ2) is 8.26. The van der Waals surface area contributed by atoms with E-state index in [1.54, 1.807) is 9.80 Å². The highest BCUT2D eigenvalue weighted by atomic mass is 19.4. The van der Waals surface area contributed by atoms with Crippen LogP contribution in [-0.2, 0) is 0 Å². The minimum absolute atomic E-state index is 0.134. The average Bonchev–Trinajstić information content (AvgIpc) is 2.67. The van der Waals surface area contributed by atoms with E-state index in [0.717, 1.165) is 6.92 Å². The number of hydrogen-bond acceptors (Lipinski definition) is 3. The zero-order valence-corrected chi connectivity index (χ0v) is 16.1. The number of alkyl halides is 3. The maximum Gasteiger partial charge on any atom is 0.395 e. The van der Waals surface area contributed by atoms with Gasteiger partial charge in [-0.05, 0) is 43.7 Å². The molecule has 156 valence electrons. The number of anilines is 2. The molecule has 2 amide bonds. The first-order valence-corrected chi connectivity index (χ1v) is 9.26. The van der Waals surface area contributed by atoms with Crippen LogP contribution >= 0.6 is 0 Å². The third kappa shape index (κ3) is 4.78. The fraction of sp³-hybridized carbons (Fsp3) is 0.400. The number of piperazine rings is 1. The topological polar surface area (TPSA) is 48.5 Å². The lowest BCUT2D eigenvalue weighted by Crippen LogP contribution is -2.55. The van der Waals surface area contributed by atoms with E-state index in [1.807, 2.05) is 6.92 Å². The van der Waals surface area contributed by atoms with Crippen LogP contribution in [0.15, 0.2) is 42.6 Å². The maximum atomic E-state index is 13.9. The van der Waals surface area contributed by atoms with E-state index in [9.17, 15) is 22.4 Å². The third-order valence-corrected chi connectivity index (χ3v) is 5.08. The van der Waals surface area contributed by atoms with Crippen LogP contribution in [0.4, 0.5) is 33.9 Å². The van der Waals surface area contributed by atoms with Gasteiger partial charge in [-0.15, -0.1) is 0 Å². The number of aromatic nitrogens is 1. The predicted octanol–water partition coefficient (Wildman–Crippen LogP) is 4.63. The molecule has 1 fully saturated rings. The van der Waals surface area contributed by atoms with Crippen molar-refractivity contribution >= 4 is 17.5 Å². The summed E-state index contributed by atoms with van der Waals surface area (Å²) in [4.78, 5) is 20.1. The highest BCUT2D eigenvalue weighted by molar-refractivity contribution is 5.89. The Labute approximate surface area is 166 Å². The van der Waals surface area contributed by atoms with E-state index in [-0.39, 0.29) is 23.5 Å². The molecule has 2 aromatic rings. The summed E-state index contributed by atoms with van der Waals surface area (Å²) >= 11 is 0. The Kier molecular flexibility index (Phi) is 5.95. The molecule has 0 saturated carbocycles. The highest BCUT2D eigenvalue weighted by Gasteiger charge is 2.37. The van der Waals surface area contributed by atoms with Crippen LogP contribution in [0.3, 0.4) is 0 Å². The molecule has 1 aliphatic rings. The van der Waals surface area contributed by atoms with Crippen molar-refractivity contribution in [2.75, 3.05) is 29.9 Å². The molecule has 1 aromatic heterocycles. The number of urea groups is 1. The molecule has 5 nitrogen and oxygen atoms in total. The summed E-state index contributed by atoms with van der Waals surface area (Å²) in [6, 6.07) is 7.95. The van der Waals surface area contributed by atoms with Crippen molar-refractivity contribution in [3.63, 3.8) is 0 Å². The summed E-state index contributed by atoms with van der Waals surface area (Å²) in [6.07, 6.45) is -2.79. The van der Waals surface area contributed by atoms with Gasteiger partial charge in [-0.3, -0.25) is 0 Å². The van der Waals surface area contributed by atoms with Crippen molar-refractivity contribution in [3.05, 3.63) is 54.0 Å². The Hall–Kier alpha value is -2.84. The van der Waals surface area contributed by atoms with Gasteiger partial charge >= 0.3 is 12.2 Å². The Morgan fingerprint density at radius 1 is 1.21 bits per heavy atom. The second-order valence-electron chi connectivity index (χ2n) is 7.11. The lowest BCUT2D eigenvalue weighted by atomic mass is 10.0. The lowest BCUT2D eigenvalue weighted by Gasteiger charge is -2.40. The number of carbonyl (C=O) groups excluding carboxylic acids is 1. The van der Waals surface area contributed by atoms with Gasteiger partial charge in [0, 0.05) is 37.6 Å². The number of nitrogens with zero attached hydrogens (tertiary/aromatic N) is 3. The van der Waals surface area contributed by atoms with Crippen LogP contribution in [0.25, 0.3) is 0 Å². The third-order valence-electron chi connectivity index (χ3n) is 5.08. The number of hydrogen-bond donors (Lipinski definition) is 1. The van der Waals surface area contributed by atoms with Crippen LogP contribution in [0.5, 0.6) is 0 Å². The molecular weight excluding hydrogens is 388 g/mol. The van der Waals surface area contributed by atoms with Gasteiger partial charge in [0.05, 0.1) is 5.92 Å². The van der Waals surface area contributed by atoms with Crippen molar-refractivity contribution in [1.82, 2.24) is 9.88 Å². The SMILES string of the molecule is CC1CN(c2ncccc2F)CCN1C(=O)Nc1ccc(C(C)C(F)(F)F)cc1. The number of nitrogens with one attached hydrogen (secondary N) is 1.